The summed E-state index contributed by atoms with van der Waals surface area (Å²) in [7, 11) is 3.18. The standard InChI is InChI=1S/C8H11N5O2S2/c1-14-4-9-7-12-10-5(16-7)3-6-11-13-8(15-2)17-6/h3-4H2,1-2H3,(H,9,12). The third-order valence-corrected chi connectivity index (χ3v) is 3.53. The summed E-state index contributed by atoms with van der Waals surface area (Å²) in [5.74, 6) is 0. The smallest absolute Gasteiger partial charge is 0.293 e. The van der Waals surface area contributed by atoms with Crippen LogP contribution in [-0.2, 0) is 11.2 Å². The van der Waals surface area contributed by atoms with Gasteiger partial charge >= 0.3 is 0 Å². The van der Waals surface area contributed by atoms with Crippen molar-refractivity contribution in [1.29, 1.82) is 0 Å². The van der Waals surface area contributed by atoms with E-state index >= 15 is 0 Å². The van der Waals surface area contributed by atoms with E-state index < -0.39 is 0 Å². The van der Waals surface area contributed by atoms with Crippen LogP contribution in [0.25, 0.3) is 0 Å². The minimum Gasteiger partial charge on any atom is -0.472 e. The molecule has 0 saturated carbocycles. The Kier molecular flexibility index (Phi) is 4.18. The summed E-state index contributed by atoms with van der Waals surface area (Å²) in [5, 5.41) is 21.9. The lowest BCUT2D eigenvalue weighted by molar-refractivity contribution is 0.221. The first kappa shape index (κ1) is 12.1. The maximum atomic E-state index is 4.97. The minimum absolute atomic E-state index is 0.418. The van der Waals surface area contributed by atoms with Crippen molar-refractivity contribution in [1.82, 2.24) is 20.4 Å². The summed E-state index contributed by atoms with van der Waals surface area (Å²) < 4.78 is 9.86. The van der Waals surface area contributed by atoms with Crippen molar-refractivity contribution in [3.05, 3.63) is 10.0 Å². The van der Waals surface area contributed by atoms with Crippen LogP contribution in [0.3, 0.4) is 0 Å². The Morgan fingerprint density at radius 1 is 1.06 bits per heavy atom. The Labute approximate surface area is 106 Å². The van der Waals surface area contributed by atoms with E-state index in [4.69, 9.17) is 9.47 Å². The monoisotopic (exact) mass is 273 g/mol. The molecule has 0 saturated heterocycles. The lowest BCUT2D eigenvalue weighted by atomic mass is 10.5. The normalized spacial score (nSPS) is 10.5. The molecule has 0 atom stereocenters. The molecule has 92 valence electrons. The van der Waals surface area contributed by atoms with Crippen LogP contribution in [0.1, 0.15) is 10.0 Å². The van der Waals surface area contributed by atoms with Gasteiger partial charge in [0.1, 0.15) is 16.7 Å². The van der Waals surface area contributed by atoms with Gasteiger partial charge in [0, 0.05) is 7.11 Å². The predicted octanol–water partition coefficient (Wildman–Crippen LogP) is 1.00. The molecule has 0 aliphatic carbocycles. The number of rotatable bonds is 6. The van der Waals surface area contributed by atoms with Crippen molar-refractivity contribution in [3.8, 4) is 5.19 Å². The predicted molar refractivity (Wildman–Crippen MR) is 64.7 cm³/mol. The maximum Gasteiger partial charge on any atom is 0.293 e. The van der Waals surface area contributed by atoms with Crippen LogP contribution in [0.2, 0.25) is 0 Å². The first-order chi connectivity index (χ1) is 8.31. The largest absolute Gasteiger partial charge is 0.472 e. The molecule has 2 aromatic heterocycles. The van der Waals surface area contributed by atoms with Gasteiger partial charge in [-0.1, -0.05) is 22.7 Å². The Morgan fingerprint density at radius 2 is 1.82 bits per heavy atom. The highest BCUT2D eigenvalue weighted by Crippen LogP contribution is 2.22. The molecule has 0 fully saturated rings. The fraction of sp³-hybridized carbons (Fsp3) is 0.500. The molecule has 0 spiro atoms. The molecule has 2 aromatic rings. The van der Waals surface area contributed by atoms with Gasteiger partial charge in [-0.15, -0.1) is 20.4 Å². The first-order valence-electron chi connectivity index (χ1n) is 4.73. The van der Waals surface area contributed by atoms with E-state index in [9.17, 15) is 0 Å². The molecular weight excluding hydrogens is 262 g/mol. The van der Waals surface area contributed by atoms with Crippen molar-refractivity contribution in [2.75, 3.05) is 26.3 Å². The number of nitrogens with one attached hydrogen (secondary N) is 1. The Hall–Kier alpha value is -1.32. The van der Waals surface area contributed by atoms with Gasteiger partial charge in [0.25, 0.3) is 5.19 Å². The third kappa shape index (κ3) is 3.32. The van der Waals surface area contributed by atoms with Gasteiger partial charge in [-0.2, -0.15) is 0 Å². The van der Waals surface area contributed by atoms with Gasteiger partial charge in [0.15, 0.2) is 0 Å². The number of nitrogens with zero attached hydrogens (tertiary/aromatic N) is 4. The molecule has 0 radical (unpaired) electrons. The molecule has 17 heavy (non-hydrogen) atoms. The number of hydrogen-bond acceptors (Lipinski definition) is 9. The van der Waals surface area contributed by atoms with E-state index in [1.54, 1.807) is 14.2 Å². The second-order valence-electron chi connectivity index (χ2n) is 2.95. The fourth-order valence-corrected chi connectivity index (χ4v) is 2.53. The molecule has 0 aliphatic rings. The van der Waals surface area contributed by atoms with Crippen molar-refractivity contribution >= 4 is 27.8 Å². The van der Waals surface area contributed by atoms with Crippen molar-refractivity contribution in [2.45, 2.75) is 6.42 Å². The Bertz CT molecular complexity index is 472. The van der Waals surface area contributed by atoms with E-state index in [1.807, 2.05) is 0 Å². The SMILES string of the molecule is COCNc1nnc(Cc2nnc(OC)s2)s1. The molecule has 0 unspecified atom stereocenters. The van der Waals surface area contributed by atoms with Crippen LogP contribution in [0.5, 0.6) is 5.19 Å². The van der Waals surface area contributed by atoms with Gasteiger partial charge in [0.05, 0.1) is 13.5 Å². The second-order valence-corrected chi connectivity index (χ2v) is 5.04. The highest BCUT2D eigenvalue weighted by Gasteiger charge is 2.09. The summed E-state index contributed by atoms with van der Waals surface area (Å²) in [6, 6.07) is 0. The number of ether oxygens (including phenoxy) is 2. The summed E-state index contributed by atoms with van der Waals surface area (Å²) in [6.45, 7) is 0.418. The van der Waals surface area contributed by atoms with Crippen LogP contribution in [0, 0.1) is 0 Å². The highest BCUT2D eigenvalue weighted by molar-refractivity contribution is 7.15. The topological polar surface area (TPSA) is 82.0 Å². The number of hydrogen-bond donors (Lipinski definition) is 1. The molecule has 0 bridgehead atoms. The van der Waals surface area contributed by atoms with Crippen LogP contribution in [-0.4, -0.2) is 41.3 Å². The molecule has 2 rings (SSSR count). The van der Waals surface area contributed by atoms with Gasteiger partial charge in [0.2, 0.25) is 5.13 Å². The summed E-state index contributed by atoms with van der Waals surface area (Å²) in [6.07, 6.45) is 0.618. The zero-order valence-electron chi connectivity index (χ0n) is 9.34. The zero-order chi connectivity index (χ0) is 12.1. The van der Waals surface area contributed by atoms with Crippen molar-refractivity contribution in [2.24, 2.45) is 0 Å². The lowest BCUT2D eigenvalue weighted by Crippen LogP contribution is -2.01. The van der Waals surface area contributed by atoms with Crippen LogP contribution in [0.4, 0.5) is 5.13 Å². The quantitative estimate of drug-likeness (QED) is 0.786. The molecule has 2 heterocycles. The average Bonchev–Trinajstić information content (AvgIpc) is 2.96. The number of methoxy groups -OCH3 is 2. The molecule has 0 aromatic carbocycles. The molecule has 0 aliphatic heterocycles. The maximum absolute atomic E-state index is 4.97. The van der Waals surface area contributed by atoms with Gasteiger partial charge in [-0.05, 0) is 0 Å². The highest BCUT2D eigenvalue weighted by atomic mass is 32.1. The van der Waals surface area contributed by atoms with Crippen LogP contribution >= 0.6 is 22.7 Å². The molecule has 1 N–H and O–H groups in total. The van der Waals surface area contributed by atoms with Crippen LogP contribution in [0.15, 0.2) is 0 Å². The summed E-state index contributed by atoms with van der Waals surface area (Å²) in [5.41, 5.74) is 0. The molecule has 9 heteroatoms. The first-order valence-corrected chi connectivity index (χ1v) is 6.36. The average molecular weight is 273 g/mol. The van der Waals surface area contributed by atoms with E-state index in [0.29, 0.717) is 18.3 Å². The zero-order valence-corrected chi connectivity index (χ0v) is 11.0. The Balaban J connectivity index is 1.96. The van der Waals surface area contributed by atoms with E-state index in [2.05, 4.69) is 25.7 Å². The van der Waals surface area contributed by atoms with Gasteiger partial charge in [-0.3, -0.25) is 0 Å². The van der Waals surface area contributed by atoms with E-state index in [-0.39, 0.29) is 0 Å². The second kappa shape index (κ2) is 5.84. The molecule has 0 amide bonds. The summed E-state index contributed by atoms with van der Waals surface area (Å²) >= 11 is 2.87. The van der Waals surface area contributed by atoms with E-state index in [0.717, 1.165) is 15.1 Å². The van der Waals surface area contributed by atoms with E-state index in [1.165, 1.54) is 22.7 Å². The fourth-order valence-electron chi connectivity index (χ4n) is 1.05. The minimum atomic E-state index is 0.418. The van der Waals surface area contributed by atoms with Crippen molar-refractivity contribution in [3.63, 3.8) is 0 Å². The van der Waals surface area contributed by atoms with Crippen molar-refractivity contribution < 1.29 is 9.47 Å². The molecular formula is C8H11N5O2S2. The summed E-state index contributed by atoms with van der Waals surface area (Å²) in [4.78, 5) is 0. The number of anilines is 1. The Morgan fingerprint density at radius 3 is 2.53 bits per heavy atom. The number of aromatic nitrogens is 4. The third-order valence-electron chi connectivity index (χ3n) is 1.76. The van der Waals surface area contributed by atoms with Gasteiger partial charge < -0.3 is 14.8 Å². The molecule has 7 nitrogen and oxygen atoms in total. The van der Waals surface area contributed by atoms with Gasteiger partial charge in [-0.25, -0.2) is 0 Å². The van der Waals surface area contributed by atoms with Crippen LogP contribution < -0.4 is 10.1 Å². The lowest BCUT2D eigenvalue weighted by Gasteiger charge is -1.96.